The number of hydrogen-bond donors (Lipinski definition) is 0. The second-order valence-corrected chi connectivity index (χ2v) is 8.47. The van der Waals surface area contributed by atoms with Crippen LogP contribution in [0.25, 0.3) is 0 Å². The normalized spacial score (nSPS) is 31.3. The summed E-state index contributed by atoms with van der Waals surface area (Å²) in [5.41, 5.74) is 4.32. The van der Waals surface area contributed by atoms with Crippen molar-refractivity contribution in [3.8, 4) is 0 Å². The van der Waals surface area contributed by atoms with E-state index >= 15 is 0 Å². The SMILES string of the molecule is CC1(C)CCC[C@]2(C)c3cc4c(cc3CCC12)C(=O)C=CC4=O. The summed E-state index contributed by atoms with van der Waals surface area (Å²) >= 11 is 0. The van der Waals surface area contributed by atoms with Crippen molar-refractivity contribution in [1.82, 2.24) is 0 Å². The molecule has 0 saturated heterocycles. The third-order valence-corrected chi connectivity index (χ3v) is 6.71. The van der Waals surface area contributed by atoms with Gasteiger partial charge in [-0.05, 0) is 77.8 Å². The lowest BCUT2D eigenvalue weighted by atomic mass is 9.50. The zero-order chi connectivity index (χ0) is 16.4. The predicted octanol–water partition coefficient (Wildman–Crippen LogP) is 4.65. The van der Waals surface area contributed by atoms with Gasteiger partial charge in [-0.2, -0.15) is 0 Å². The molecular formula is C21H24O2. The molecule has 120 valence electrons. The quantitative estimate of drug-likeness (QED) is 0.699. The molecule has 3 aliphatic carbocycles. The average Bonchev–Trinajstić information content (AvgIpc) is 2.49. The number of allylic oxidation sites excluding steroid dienone is 2. The lowest BCUT2D eigenvalue weighted by Crippen LogP contribution is -2.48. The molecule has 0 amide bonds. The van der Waals surface area contributed by atoms with Crippen molar-refractivity contribution in [3.63, 3.8) is 0 Å². The number of aryl methyl sites for hydroxylation is 1. The van der Waals surface area contributed by atoms with Gasteiger partial charge in [0.15, 0.2) is 11.6 Å². The molecule has 0 heterocycles. The Kier molecular flexibility index (Phi) is 3.01. The second kappa shape index (κ2) is 4.66. The van der Waals surface area contributed by atoms with Crippen LogP contribution in [0.4, 0.5) is 0 Å². The van der Waals surface area contributed by atoms with Gasteiger partial charge in [0.25, 0.3) is 0 Å². The number of rotatable bonds is 0. The molecule has 4 rings (SSSR count). The first-order valence-corrected chi connectivity index (χ1v) is 8.77. The van der Waals surface area contributed by atoms with Crippen LogP contribution >= 0.6 is 0 Å². The molecule has 1 aromatic carbocycles. The van der Waals surface area contributed by atoms with Crippen molar-refractivity contribution in [2.75, 3.05) is 0 Å². The highest BCUT2D eigenvalue weighted by atomic mass is 16.1. The van der Waals surface area contributed by atoms with Crippen LogP contribution in [0, 0.1) is 11.3 Å². The molecule has 0 spiro atoms. The molecular weight excluding hydrogens is 284 g/mol. The molecule has 3 aliphatic rings. The molecule has 1 fully saturated rings. The van der Waals surface area contributed by atoms with Crippen molar-refractivity contribution in [3.05, 3.63) is 46.5 Å². The van der Waals surface area contributed by atoms with Gasteiger partial charge in [-0.15, -0.1) is 0 Å². The van der Waals surface area contributed by atoms with Crippen LogP contribution in [0.1, 0.15) is 78.3 Å². The molecule has 0 aliphatic heterocycles. The van der Waals surface area contributed by atoms with E-state index in [2.05, 4.69) is 26.8 Å². The van der Waals surface area contributed by atoms with Crippen LogP contribution in [0.2, 0.25) is 0 Å². The van der Waals surface area contributed by atoms with Crippen molar-refractivity contribution < 1.29 is 9.59 Å². The first-order valence-electron chi connectivity index (χ1n) is 8.77. The number of ketones is 2. The summed E-state index contributed by atoms with van der Waals surface area (Å²) < 4.78 is 0. The maximum absolute atomic E-state index is 12.3. The van der Waals surface area contributed by atoms with Gasteiger partial charge in [0.1, 0.15) is 0 Å². The fourth-order valence-corrected chi connectivity index (χ4v) is 5.58. The van der Waals surface area contributed by atoms with Crippen molar-refractivity contribution >= 4 is 11.6 Å². The Morgan fingerprint density at radius 1 is 0.957 bits per heavy atom. The van der Waals surface area contributed by atoms with Gasteiger partial charge < -0.3 is 0 Å². The van der Waals surface area contributed by atoms with E-state index in [1.807, 2.05) is 6.07 Å². The van der Waals surface area contributed by atoms with E-state index in [9.17, 15) is 9.59 Å². The monoisotopic (exact) mass is 308 g/mol. The molecule has 1 unspecified atom stereocenters. The van der Waals surface area contributed by atoms with E-state index in [1.165, 1.54) is 49.0 Å². The summed E-state index contributed by atoms with van der Waals surface area (Å²) in [4.78, 5) is 24.4. The summed E-state index contributed by atoms with van der Waals surface area (Å²) in [6.07, 6.45) is 8.76. The highest BCUT2D eigenvalue weighted by molar-refractivity contribution is 6.22. The Morgan fingerprint density at radius 3 is 2.30 bits per heavy atom. The Bertz CT molecular complexity index is 753. The van der Waals surface area contributed by atoms with Crippen molar-refractivity contribution in [2.45, 2.75) is 58.3 Å². The molecule has 2 nitrogen and oxygen atoms in total. The average molecular weight is 308 g/mol. The van der Waals surface area contributed by atoms with E-state index in [0.717, 1.165) is 6.42 Å². The molecule has 2 atom stereocenters. The van der Waals surface area contributed by atoms with Gasteiger partial charge in [0, 0.05) is 11.1 Å². The van der Waals surface area contributed by atoms with E-state index in [0.29, 0.717) is 22.5 Å². The van der Waals surface area contributed by atoms with Gasteiger partial charge in [-0.1, -0.05) is 27.2 Å². The zero-order valence-corrected chi connectivity index (χ0v) is 14.2. The third kappa shape index (κ3) is 2.00. The van der Waals surface area contributed by atoms with Crippen LogP contribution in [-0.2, 0) is 11.8 Å². The molecule has 23 heavy (non-hydrogen) atoms. The molecule has 0 aromatic heterocycles. The molecule has 1 aromatic rings. The third-order valence-electron chi connectivity index (χ3n) is 6.71. The standard InChI is InChI=1S/C21H24O2/c1-20(2)9-4-10-21(3)16-12-15-14(17(22)6-7-18(15)23)11-13(16)5-8-19(20)21/h6-7,11-12,19H,4-5,8-10H2,1-3H3/t19?,21-/m1/s1. The van der Waals surface area contributed by atoms with E-state index < -0.39 is 0 Å². The molecule has 2 heteroatoms. The summed E-state index contributed by atoms with van der Waals surface area (Å²) in [5, 5.41) is 0. The molecule has 0 bridgehead atoms. The summed E-state index contributed by atoms with van der Waals surface area (Å²) in [7, 11) is 0. The topological polar surface area (TPSA) is 34.1 Å². The van der Waals surface area contributed by atoms with Crippen LogP contribution in [0.5, 0.6) is 0 Å². The van der Waals surface area contributed by atoms with Crippen LogP contribution < -0.4 is 0 Å². The first-order chi connectivity index (χ1) is 10.8. The highest BCUT2D eigenvalue weighted by Crippen LogP contribution is 2.57. The highest BCUT2D eigenvalue weighted by Gasteiger charge is 2.50. The first kappa shape index (κ1) is 14.9. The Hall–Kier alpha value is -1.70. The Balaban J connectivity index is 1.91. The van der Waals surface area contributed by atoms with Crippen LogP contribution in [-0.4, -0.2) is 11.6 Å². The maximum Gasteiger partial charge on any atom is 0.186 e. The van der Waals surface area contributed by atoms with E-state index in [1.54, 1.807) is 0 Å². The fourth-order valence-electron chi connectivity index (χ4n) is 5.58. The number of fused-ring (bicyclic) bond motifs is 4. The number of carbonyl (C=O) groups excluding carboxylic acids is 2. The number of carbonyl (C=O) groups is 2. The molecule has 0 radical (unpaired) electrons. The van der Waals surface area contributed by atoms with Gasteiger partial charge in [0.2, 0.25) is 0 Å². The molecule has 1 saturated carbocycles. The van der Waals surface area contributed by atoms with Crippen LogP contribution in [0.15, 0.2) is 24.3 Å². The Labute approximate surface area is 138 Å². The predicted molar refractivity (Wildman–Crippen MR) is 91.0 cm³/mol. The van der Waals surface area contributed by atoms with E-state index in [-0.39, 0.29) is 17.0 Å². The van der Waals surface area contributed by atoms with Crippen LogP contribution in [0.3, 0.4) is 0 Å². The van der Waals surface area contributed by atoms with Gasteiger partial charge >= 0.3 is 0 Å². The van der Waals surface area contributed by atoms with E-state index in [4.69, 9.17) is 0 Å². The smallest absolute Gasteiger partial charge is 0.186 e. The lowest BCUT2D eigenvalue weighted by Gasteiger charge is -2.54. The minimum absolute atomic E-state index is 0.0248. The van der Waals surface area contributed by atoms with Gasteiger partial charge in [-0.25, -0.2) is 0 Å². The Morgan fingerprint density at radius 2 is 1.61 bits per heavy atom. The minimum atomic E-state index is -0.0290. The summed E-state index contributed by atoms with van der Waals surface area (Å²) in [6.45, 7) is 7.18. The minimum Gasteiger partial charge on any atom is -0.289 e. The summed E-state index contributed by atoms with van der Waals surface area (Å²) in [5.74, 6) is 0.598. The molecule has 0 N–H and O–H groups in total. The van der Waals surface area contributed by atoms with Gasteiger partial charge in [-0.3, -0.25) is 9.59 Å². The lowest BCUT2D eigenvalue weighted by molar-refractivity contribution is 0.0406. The number of hydrogen-bond acceptors (Lipinski definition) is 2. The fraction of sp³-hybridized carbons (Fsp3) is 0.524. The zero-order valence-electron chi connectivity index (χ0n) is 14.2. The number of benzene rings is 1. The van der Waals surface area contributed by atoms with Gasteiger partial charge in [0.05, 0.1) is 0 Å². The maximum atomic E-state index is 12.3. The summed E-state index contributed by atoms with van der Waals surface area (Å²) in [6, 6.07) is 4.07. The van der Waals surface area contributed by atoms with Crippen molar-refractivity contribution in [2.24, 2.45) is 11.3 Å². The largest absolute Gasteiger partial charge is 0.289 e. The van der Waals surface area contributed by atoms with Crippen molar-refractivity contribution in [1.29, 1.82) is 0 Å². The second-order valence-electron chi connectivity index (χ2n) is 8.47.